The molecule has 0 atom stereocenters. The van der Waals surface area contributed by atoms with Crippen molar-refractivity contribution in [3.8, 4) is 5.75 Å². The molecule has 82 valence electrons. The molecule has 0 bridgehead atoms. The van der Waals surface area contributed by atoms with Crippen LogP contribution in [0.1, 0.15) is 11.1 Å². The fraction of sp³-hybridized carbons (Fsp3) is 0.154. The zero-order chi connectivity index (χ0) is 11.4. The van der Waals surface area contributed by atoms with Crippen LogP contribution in [-0.2, 0) is 6.61 Å². The Morgan fingerprint density at radius 3 is 2.88 bits per heavy atom. The van der Waals surface area contributed by atoms with Gasteiger partial charge in [-0.15, -0.1) is 0 Å². The van der Waals surface area contributed by atoms with Gasteiger partial charge >= 0.3 is 0 Å². The Hall–Kier alpha value is -1.35. The fourth-order valence-corrected chi connectivity index (χ4v) is 1.89. The molecular weight excluding hydrogens is 266 g/mol. The molecule has 0 aliphatic carbocycles. The van der Waals surface area contributed by atoms with Gasteiger partial charge in [0.15, 0.2) is 0 Å². The molecule has 2 nitrogen and oxygen atoms in total. The zero-order valence-corrected chi connectivity index (χ0v) is 10.6. The van der Waals surface area contributed by atoms with Crippen LogP contribution in [0, 0.1) is 6.92 Å². The summed E-state index contributed by atoms with van der Waals surface area (Å²) >= 11 is 3.43. The number of ether oxygens (including phenoxy) is 1. The number of rotatable bonds is 3. The van der Waals surface area contributed by atoms with Gasteiger partial charge < -0.3 is 4.74 Å². The van der Waals surface area contributed by atoms with Crippen molar-refractivity contribution in [1.29, 1.82) is 0 Å². The van der Waals surface area contributed by atoms with Crippen LogP contribution in [0.25, 0.3) is 0 Å². The van der Waals surface area contributed by atoms with E-state index < -0.39 is 0 Å². The van der Waals surface area contributed by atoms with E-state index in [4.69, 9.17) is 4.74 Å². The molecule has 0 aliphatic heterocycles. The van der Waals surface area contributed by atoms with Crippen molar-refractivity contribution < 1.29 is 4.74 Å². The molecule has 0 amide bonds. The molecule has 2 rings (SSSR count). The minimum atomic E-state index is 0.552. The minimum Gasteiger partial charge on any atom is -0.489 e. The normalized spacial score (nSPS) is 10.1. The number of hydrogen-bond donors (Lipinski definition) is 0. The van der Waals surface area contributed by atoms with E-state index in [1.54, 1.807) is 6.20 Å². The SMILES string of the molecule is Cc1cc(Br)ccc1OCc1cccnc1. The number of benzene rings is 1. The summed E-state index contributed by atoms with van der Waals surface area (Å²) in [6.45, 7) is 2.58. The van der Waals surface area contributed by atoms with Crippen LogP contribution < -0.4 is 4.74 Å². The highest BCUT2D eigenvalue weighted by Gasteiger charge is 2.00. The van der Waals surface area contributed by atoms with Gasteiger partial charge in [-0.05, 0) is 36.8 Å². The highest BCUT2D eigenvalue weighted by Crippen LogP contribution is 2.22. The first-order chi connectivity index (χ1) is 7.75. The van der Waals surface area contributed by atoms with Crippen LogP contribution >= 0.6 is 15.9 Å². The van der Waals surface area contributed by atoms with Gasteiger partial charge in [0.1, 0.15) is 12.4 Å². The van der Waals surface area contributed by atoms with Crippen LogP contribution in [0.5, 0.6) is 5.75 Å². The largest absolute Gasteiger partial charge is 0.489 e. The third-order valence-electron chi connectivity index (χ3n) is 2.25. The van der Waals surface area contributed by atoms with Crippen molar-refractivity contribution in [2.75, 3.05) is 0 Å². The molecule has 1 heterocycles. The molecule has 16 heavy (non-hydrogen) atoms. The van der Waals surface area contributed by atoms with Gasteiger partial charge in [-0.1, -0.05) is 22.0 Å². The molecule has 2 aromatic rings. The minimum absolute atomic E-state index is 0.552. The summed E-state index contributed by atoms with van der Waals surface area (Å²) in [7, 11) is 0. The first kappa shape index (κ1) is 11.1. The number of halogens is 1. The summed E-state index contributed by atoms with van der Waals surface area (Å²) in [6.07, 6.45) is 3.57. The standard InChI is InChI=1S/C13H12BrNO/c1-10-7-12(14)4-5-13(10)16-9-11-3-2-6-15-8-11/h2-8H,9H2,1H3. The van der Waals surface area contributed by atoms with Crippen LogP contribution in [-0.4, -0.2) is 4.98 Å². The summed E-state index contributed by atoms with van der Waals surface area (Å²) < 4.78 is 6.79. The fourth-order valence-electron chi connectivity index (χ4n) is 1.42. The summed E-state index contributed by atoms with van der Waals surface area (Å²) in [5.74, 6) is 0.909. The third kappa shape index (κ3) is 2.83. The average Bonchev–Trinajstić information content (AvgIpc) is 2.29. The predicted octanol–water partition coefficient (Wildman–Crippen LogP) is 3.73. The summed E-state index contributed by atoms with van der Waals surface area (Å²) in [5, 5.41) is 0. The Morgan fingerprint density at radius 1 is 1.31 bits per heavy atom. The van der Waals surface area contributed by atoms with Crippen molar-refractivity contribution in [1.82, 2.24) is 4.98 Å². The van der Waals surface area contributed by atoms with Crippen molar-refractivity contribution in [2.45, 2.75) is 13.5 Å². The second kappa shape index (κ2) is 5.12. The molecule has 0 unspecified atom stereocenters. The van der Waals surface area contributed by atoms with Crippen LogP contribution in [0.4, 0.5) is 0 Å². The van der Waals surface area contributed by atoms with Crippen molar-refractivity contribution in [3.05, 3.63) is 58.3 Å². The number of aryl methyl sites for hydroxylation is 1. The van der Waals surface area contributed by atoms with Crippen LogP contribution in [0.15, 0.2) is 47.2 Å². The smallest absolute Gasteiger partial charge is 0.122 e. The maximum Gasteiger partial charge on any atom is 0.122 e. The lowest BCUT2D eigenvalue weighted by molar-refractivity contribution is 0.303. The molecule has 1 aromatic carbocycles. The van der Waals surface area contributed by atoms with Gasteiger partial charge in [0.25, 0.3) is 0 Å². The lowest BCUT2D eigenvalue weighted by Gasteiger charge is -2.08. The maximum atomic E-state index is 5.72. The van der Waals surface area contributed by atoms with Gasteiger partial charge in [0, 0.05) is 22.4 Å². The first-order valence-corrected chi connectivity index (χ1v) is 5.83. The second-order valence-electron chi connectivity index (χ2n) is 3.56. The van der Waals surface area contributed by atoms with E-state index in [9.17, 15) is 0 Å². The molecule has 0 fully saturated rings. The highest BCUT2D eigenvalue weighted by atomic mass is 79.9. The molecule has 0 radical (unpaired) electrons. The van der Waals surface area contributed by atoms with E-state index in [2.05, 4.69) is 20.9 Å². The molecule has 0 N–H and O–H groups in total. The van der Waals surface area contributed by atoms with Crippen LogP contribution in [0.3, 0.4) is 0 Å². The summed E-state index contributed by atoms with van der Waals surface area (Å²) in [6, 6.07) is 9.90. The van der Waals surface area contributed by atoms with E-state index in [1.165, 1.54) is 0 Å². The molecule has 0 aliphatic rings. The van der Waals surface area contributed by atoms with Gasteiger partial charge in [0.05, 0.1) is 0 Å². The maximum absolute atomic E-state index is 5.72. The Bertz CT molecular complexity index is 471. The quantitative estimate of drug-likeness (QED) is 0.853. The van der Waals surface area contributed by atoms with E-state index in [0.29, 0.717) is 6.61 Å². The number of aromatic nitrogens is 1. The molecule has 0 saturated heterocycles. The average molecular weight is 278 g/mol. The van der Waals surface area contributed by atoms with Gasteiger partial charge in [-0.25, -0.2) is 0 Å². The van der Waals surface area contributed by atoms with Gasteiger partial charge in [-0.3, -0.25) is 4.98 Å². The number of pyridine rings is 1. The van der Waals surface area contributed by atoms with Crippen molar-refractivity contribution in [2.24, 2.45) is 0 Å². The second-order valence-corrected chi connectivity index (χ2v) is 4.48. The van der Waals surface area contributed by atoms with Gasteiger partial charge in [-0.2, -0.15) is 0 Å². The third-order valence-corrected chi connectivity index (χ3v) is 2.75. The molecular formula is C13H12BrNO. The predicted molar refractivity (Wildman–Crippen MR) is 67.4 cm³/mol. The number of hydrogen-bond acceptors (Lipinski definition) is 2. The van der Waals surface area contributed by atoms with Crippen LogP contribution in [0.2, 0.25) is 0 Å². The molecule has 0 spiro atoms. The van der Waals surface area contributed by atoms with Crippen molar-refractivity contribution >= 4 is 15.9 Å². The van der Waals surface area contributed by atoms with E-state index in [1.807, 2.05) is 43.5 Å². The lowest BCUT2D eigenvalue weighted by atomic mass is 10.2. The molecule has 3 heteroatoms. The first-order valence-electron chi connectivity index (χ1n) is 5.03. The Kier molecular flexibility index (Phi) is 3.57. The highest BCUT2D eigenvalue weighted by molar-refractivity contribution is 9.10. The Morgan fingerprint density at radius 2 is 2.19 bits per heavy atom. The number of nitrogens with zero attached hydrogens (tertiary/aromatic N) is 1. The summed E-state index contributed by atoms with van der Waals surface area (Å²) in [4.78, 5) is 4.05. The van der Waals surface area contributed by atoms with E-state index >= 15 is 0 Å². The zero-order valence-electron chi connectivity index (χ0n) is 8.98. The molecule has 1 aromatic heterocycles. The van der Waals surface area contributed by atoms with E-state index in [0.717, 1.165) is 21.3 Å². The lowest BCUT2D eigenvalue weighted by Crippen LogP contribution is -1.97. The molecule has 0 saturated carbocycles. The topological polar surface area (TPSA) is 22.1 Å². The monoisotopic (exact) mass is 277 g/mol. The Balaban J connectivity index is 2.05. The Labute approximate surface area is 103 Å². The summed E-state index contributed by atoms with van der Waals surface area (Å²) in [5.41, 5.74) is 2.20. The van der Waals surface area contributed by atoms with E-state index in [-0.39, 0.29) is 0 Å². The van der Waals surface area contributed by atoms with Gasteiger partial charge in [0.2, 0.25) is 0 Å². The van der Waals surface area contributed by atoms with Crippen molar-refractivity contribution in [3.63, 3.8) is 0 Å².